The zero-order valence-electron chi connectivity index (χ0n) is 20.8. The van der Waals surface area contributed by atoms with E-state index < -0.39 is 29.4 Å². The first-order valence-electron chi connectivity index (χ1n) is 11.5. The van der Waals surface area contributed by atoms with Gasteiger partial charge in [-0.05, 0) is 18.2 Å². The molecule has 0 spiro atoms. The Kier molecular flexibility index (Phi) is 8.25. The number of thiazole rings is 2. The van der Waals surface area contributed by atoms with E-state index in [1.807, 2.05) is 0 Å². The third-order valence-electron chi connectivity index (χ3n) is 5.75. The molecule has 2 aromatic heterocycles. The van der Waals surface area contributed by atoms with E-state index in [1.54, 1.807) is 11.4 Å². The van der Waals surface area contributed by atoms with Gasteiger partial charge in [0.05, 0.1) is 5.69 Å². The van der Waals surface area contributed by atoms with Gasteiger partial charge in [0.1, 0.15) is 24.2 Å². The van der Waals surface area contributed by atoms with Crippen molar-refractivity contribution in [3.05, 3.63) is 46.1 Å². The number of hydrogen-bond acceptors (Lipinski definition) is 15. The van der Waals surface area contributed by atoms with Crippen LogP contribution in [-0.4, -0.2) is 83.9 Å². The maximum Gasteiger partial charge on any atom is 0.512 e. The number of nitrogen functional groups attached to an aromatic ring is 1. The molecule has 0 radical (unpaired) electrons. The van der Waals surface area contributed by atoms with E-state index in [2.05, 4.69) is 20.4 Å². The molecule has 0 aliphatic carbocycles. The summed E-state index contributed by atoms with van der Waals surface area (Å²) in [6.45, 7) is 0. The lowest BCUT2D eigenvalue weighted by Crippen LogP contribution is -2.70. The SMILES string of the molecule is CON=C(C(=O)N[C@@H]1C(=O)N2C(OC(=O)O)=C(CSc3nc(-c4ccc(O)c(O)c4)cs3)CS[C@@H]12)c1csc(N)n1. The van der Waals surface area contributed by atoms with Crippen LogP contribution in [0.4, 0.5) is 9.93 Å². The van der Waals surface area contributed by atoms with Gasteiger partial charge in [0, 0.05) is 33.4 Å². The van der Waals surface area contributed by atoms with E-state index in [1.165, 1.54) is 64.4 Å². The second kappa shape index (κ2) is 11.9. The lowest BCUT2D eigenvalue weighted by Gasteiger charge is -2.49. The van der Waals surface area contributed by atoms with Crippen molar-refractivity contribution in [2.45, 2.75) is 15.8 Å². The van der Waals surface area contributed by atoms with Crippen LogP contribution in [0.1, 0.15) is 5.69 Å². The molecule has 4 heterocycles. The third-order valence-corrected chi connectivity index (χ3v) is 9.87. The Hall–Kier alpha value is -4.00. The second-order valence-electron chi connectivity index (χ2n) is 8.32. The van der Waals surface area contributed by atoms with Crippen LogP contribution in [0, 0.1) is 0 Å². The van der Waals surface area contributed by atoms with Crippen LogP contribution in [0.3, 0.4) is 0 Å². The highest BCUT2D eigenvalue weighted by Crippen LogP contribution is 2.42. The van der Waals surface area contributed by atoms with Crippen LogP contribution in [-0.2, 0) is 19.2 Å². The standard InChI is InChI=1S/C23H20N6O8S4/c1-36-28-15(12-8-39-21(24)25-12)17(32)27-16-18(33)29-19(37-23(34)35)10(5-38-20(16)29)6-40-22-26-11(7-41-22)9-2-3-13(30)14(31)4-9/h2-4,7-8,16,20,30-31H,5-6H2,1H3,(H2,24,25)(H,27,32)(H,34,35)/t16-,20+/m1/s1. The number of β-lactam (4-membered cyclic amide) rings is 1. The average molecular weight is 637 g/mol. The summed E-state index contributed by atoms with van der Waals surface area (Å²) < 4.78 is 5.70. The van der Waals surface area contributed by atoms with E-state index >= 15 is 0 Å². The summed E-state index contributed by atoms with van der Waals surface area (Å²) in [4.78, 5) is 52.1. The lowest BCUT2D eigenvalue weighted by atomic mass is 10.1. The van der Waals surface area contributed by atoms with Crippen molar-refractivity contribution in [1.82, 2.24) is 20.2 Å². The summed E-state index contributed by atoms with van der Waals surface area (Å²) >= 11 is 5.13. The summed E-state index contributed by atoms with van der Waals surface area (Å²) in [6.07, 6.45) is -1.58. The van der Waals surface area contributed by atoms with Gasteiger partial charge in [0.15, 0.2) is 26.7 Å². The van der Waals surface area contributed by atoms with E-state index in [4.69, 9.17) is 15.3 Å². The van der Waals surface area contributed by atoms with Crippen molar-refractivity contribution in [3.63, 3.8) is 0 Å². The molecule has 1 saturated heterocycles. The number of phenols is 2. The van der Waals surface area contributed by atoms with Crippen LogP contribution in [0.25, 0.3) is 11.3 Å². The van der Waals surface area contributed by atoms with Crippen molar-refractivity contribution in [1.29, 1.82) is 0 Å². The highest BCUT2D eigenvalue weighted by Gasteiger charge is 2.54. The minimum absolute atomic E-state index is 0.0949. The van der Waals surface area contributed by atoms with Gasteiger partial charge in [0.25, 0.3) is 11.8 Å². The van der Waals surface area contributed by atoms with Crippen molar-refractivity contribution in [2.75, 3.05) is 24.3 Å². The van der Waals surface area contributed by atoms with E-state index in [0.29, 0.717) is 26.9 Å². The Morgan fingerprint density at radius 2 is 2.05 bits per heavy atom. The molecule has 214 valence electrons. The minimum atomic E-state index is -1.58. The van der Waals surface area contributed by atoms with Crippen LogP contribution in [0.15, 0.2) is 49.9 Å². The number of amides is 2. The maximum absolute atomic E-state index is 13.1. The largest absolute Gasteiger partial charge is 0.512 e. The molecule has 1 aromatic carbocycles. The van der Waals surface area contributed by atoms with Crippen LogP contribution in [0.5, 0.6) is 11.5 Å². The number of benzene rings is 1. The normalized spacial score (nSPS) is 18.5. The number of carboxylic acid groups (broad SMARTS) is 1. The molecule has 0 bridgehead atoms. The summed E-state index contributed by atoms with van der Waals surface area (Å²) in [5.41, 5.74) is 7.46. The van der Waals surface area contributed by atoms with Gasteiger partial charge in [-0.15, -0.1) is 34.4 Å². The van der Waals surface area contributed by atoms with E-state index in [9.17, 15) is 29.7 Å². The van der Waals surface area contributed by atoms with Crippen LogP contribution < -0.4 is 11.1 Å². The molecular weight excluding hydrogens is 617 g/mol. The molecule has 14 nitrogen and oxygen atoms in total. The molecule has 18 heteroatoms. The Morgan fingerprint density at radius 1 is 1.24 bits per heavy atom. The van der Waals surface area contributed by atoms with Crippen molar-refractivity contribution in [3.8, 4) is 22.8 Å². The second-order valence-corrected chi connectivity index (χ2v) is 12.4. The van der Waals surface area contributed by atoms with Gasteiger partial charge in [-0.3, -0.25) is 14.5 Å². The molecule has 41 heavy (non-hydrogen) atoms. The fraction of sp³-hybridized carbons (Fsp3) is 0.217. The first-order valence-corrected chi connectivity index (χ1v) is 15.3. The number of rotatable bonds is 9. The number of carbonyl (C=O) groups excluding carboxylic acids is 2. The number of aromatic hydroxyl groups is 2. The van der Waals surface area contributed by atoms with Gasteiger partial charge < -0.3 is 35.9 Å². The minimum Gasteiger partial charge on any atom is -0.504 e. The Balaban J connectivity index is 1.29. The van der Waals surface area contributed by atoms with Crippen molar-refractivity contribution < 1.29 is 39.3 Å². The number of nitrogens with one attached hydrogen (secondary N) is 1. The number of aromatic nitrogens is 2. The number of fused-ring (bicyclic) bond motifs is 1. The number of hydrogen-bond donors (Lipinski definition) is 5. The third kappa shape index (κ3) is 5.90. The summed E-state index contributed by atoms with van der Waals surface area (Å²) in [5.74, 6) is -1.23. The lowest BCUT2D eigenvalue weighted by molar-refractivity contribution is -0.148. The first-order chi connectivity index (χ1) is 19.7. The topological polar surface area (TPSA) is 210 Å². The fourth-order valence-electron chi connectivity index (χ4n) is 3.90. The van der Waals surface area contributed by atoms with Gasteiger partial charge in [-0.1, -0.05) is 16.9 Å². The van der Waals surface area contributed by atoms with Gasteiger partial charge >= 0.3 is 6.16 Å². The van der Waals surface area contributed by atoms with E-state index in [0.717, 1.165) is 11.3 Å². The zero-order valence-corrected chi connectivity index (χ0v) is 24.1. The average Bonchev–Trinajstić information content (AvgIpc) is 3.59. The molecule has 1 fully saturated rings. The van der Waals surface area contributed by atoms with Gasteiger partial charge in [0.2, 0.25) is 5.88 Å². The molecule has 2 amide bonds. The molecule has 3 aromatic rings. The molecule has 0 saturated carbocycles. The predicted molar refractivity (Wildman–Crippen MR) is 153 cm³/mol. The fourth-order valence-corrected chi connectivity index (χ4v) is 7.73. The highest BCUT2D eigenvalue weighted by atomic mass is 32.2. The Labute approximate surface area is 247 Å². The molecule has 0 unspecified atom stereocenters. The Morgan fingerprint density at radius 3 is 2.73 bits per heavy atom. The van der Waals surface area contributed by atoms with Gasteiger partial charge in [-0.25, -0.2) is 14.8 Å². The number of phenolic OH excluding ortho intramolecular Hbond substituents is 2. The first kappa shape index (κ1) is 28.5. The molecule has 2 aliphatic heterocycles. The number of nitrogens with two attached hydrogens (primary N) is 1. The predicted octanol–water partition coefficient (Wildman–Crippen LogP) is 2.71. The maximum atomic E-state index is 13.1. The van der Waals surface area contributed by atoms with Crippen LogP contribution in [0.2, 0.25) is 0 Å². The molecule has 2 atom stereocenters. The number of anilines is 1. The number of thioether (sulfide) groups is 2. The molecule has 6 N–H and O–H groups in total. The number of oxime groups is 1. The van der Waals surface area contributed by atoms with Crippen molar-refractivity contribution in [2.24, 2.45) is 5.16 Å². The Bertz CT molecular complexity index is 1590. The molecule has 2 aliphatic rings. The number of ether oxygens (including phenoxy) is 1. The van der Waals surface area contributed by atoms with Gasteiger partial charge in [-0.2, -0.15) is 0 Å². The van der Waals surface area contributed by atoms with Crippen molar-refractivity contribution >= 4 is 75.0 Å². The quantitative estimate of drug-likeness (QED) is 0.0572. The molecular formula is C23H20N6O8S4. The monoisotopic (exact) mass is 636 g/mol. The summed E-state index contributed by atoms with van der Waals surface area (Å²) in [6, 6.07) is 3.43. The van der Waals surface area contributed by atoms with Crippen LogP contribution >= 0.6 is 46.2 Å². The smallest absolute Gasteiger partial charge is 0.504 e. The number of carbonyl (C=O) groups is 3. The summed E-state index contributed by atoms with van der Waals surface area (Å²) in [5, 5.41) is 37.9. The highest BCUT2D eigenvalue weighted by molar-refractivity contribution is 8.01. The summed E-state index contributed by atoms with van der Waals surface area (Å²) in [7, 11) is 1.26. The zero-order chi connectivity index (χ0) is 29.3. The molecule has 5 rings (SSSR count). The van der Waals surface area contributed by atoms with E-state index in [-0.39, 0.29) is 39.7 Å². The number of nitrogens with zero attached hydrogens (tertiary/aromatic N) is 4.